The van der Waals surface area contributed by atoms with Crippen molar-refractivity contribution in [3.63, 3.8) is 0 Å². The van der Waals surface area contributed by atoms with Gasteiger partial charge in [-0.25, -0.2) is 13.2 Å². The van der Waals surface area contributed by atoms with E-state index in [9.17, 15) is 13.2 Å². The summed E-state index contributed by atoms with van der Waals surface area (Å²) in [5, 5.41) is 3.77. The van der Waals surface area contributed by atoms with Gasteiger partial charge >= 0.3 is 5.97 Å². The number of sulfone groups is 1. The average molecular weight is 348 g/mol. The van der Waals surface area contributed by atoms with Crippen LogP contribution in [0.5, 0.6) is 0 Å². The Hall–Kier alpha value is -1.60. The van der Waals surface area contributed by atoms with Gasteiger partial charge < -0.3 is 9.57 Å². The van der Waals surface area contributed by atoms with Crippen LogP contribution in [0.1, 0.15) is 19.4 Å². The first-order chi connectivity index (χ1) is 10.2. The molecule has 0 aliphatic rings. The number of methoxy groups -OCH3 is 1. The molecule has 1 rings (SSSR count). The Morgan fingerprint density at radius 2 is 2.00 bits per heavy atom. The van der Waals surface area contributed by atoms with Crippen LogP contribution < -0.4 is 0 Å². The van der Waals surface area contributed by atoms with Gasteiger partial charge in [-0.15, -0.1) is 0 Å². The van der Waals surface area contributed by atoms with Crippen molar-refractivity contribution in [2.45, 2.75) is 18.7 Å². The van der Waals surface area contributed by atoms with Crippen LogP contribution in [0.15, 0.2) is 28.3 Å². The number of benzene rings is 1. The third kappa shape index (κ3) is 4.99. The molecule has 0 atom stereocenters. The number of oxime groups is 1. The average Bonchev–Trinajstić information content (AvgIpc) is 2.41. The summed E-state index contributed by atoms with van der Waals surface area (Å²) >= 11 is 5.96. The van der Waals surface area contributed by atoms with Crippen molar-refractivity contribution in [3.05, 3.63) is 28.8 Å². The van der Waals surface area contributed by atoms with Gasteiger partial charge in [-0.05, 0) is 18.1 Å². The fraction of sp³-hybridized carbons (Fsp3) is 0.429. The zero-order valence-corrected chi connectivity index (χ0v) is 14.4. The molecule has 0 saturated carbocycles. The van der Waals surface area contributed by atoms with Crippen LogP contribution in [-0.2, 0) is 24.2 Å². The van der Waals surface area contributed by atoms with E-state index < -0.39 is 15.8 Å². The molecule has 0 fully saturated rings. The summed E-state index contributed by atoms with van der Waals surface area (Å²) in [7, 11) is -2.23. The Labute approximate surface area is 135 Å². The Bertz CT molecular complexity index is 682. The van der Waals surface area contributed by atoms with Gasteiger partial charge in [0.05, 0.1) is 17.0 Å². The van der Waals surface area contributed by atoms with Crippen LogP contribution in [0.4, 0.5) is 0 Å². The van der Waals surface area contributed by atoms with Gasteiger partial charge in [0.15, 0.2) is 15.5 Å². The smallest absolute Gasteiger partial charge is 0.360 e. The van der Waals surface area contributed by atoms with Crippen molar-refractivity contribution in [2.24, 2.45) is 11.1 Å². The molecule has 0 aromatic heterocycles. The molecule has 6 nitrogen and oxygen atoms in total. The molecule has 0 amide bonds. The standard InChI is InChI=1S/C14H18ClNO5S/c1-9(2)8-21-16-13(14(17)20-3)10-5-6-12(11(15)7-10)22(4,18)19/h5-7,9H,8H2,1-4H3/b16-13-. The maximum atomic E-state index is 11.8. The first-order valence-electron chi connectivity index (χ1n) is 6.45. The van der Waals surface area contributed by atoms with Gasteiger partial charge in [-0.2, -0.15) is 0 Å². The van der Waals surface area contributed by atoms with Crippen molar-refractivity contribution < 1.29 is 22.8 Å². The third-order valence-corrected chi connectivity index (χ3v) is 4.13. The molecule has 0 saturated heterocycles. The molecule has 0 aliphatic heterocycles. The molecule has 8 heteroatoms. The zero-order valence-electron chi connectivity index (χ0n) is 12.8. The maximum Gasteiger partial charge on any atom is 0.360 e. The number of hydrogen-bond donors (Lipinski definition) is 0. The Kier molecular flexibility index (Phi) is 6.37. The van der Waals surface area contributed by atoms with E-state index in [1.54, 1.807) is 0 Å². The first kappa shape index (κ1) is 18.4. The lowest BCUT2D eigenvalue weighted by atomic mass is 10.1. The molecular formula is C14H18ClNO5S. The minimum absolute atomic E-state index is 0.000428. The molecular weight excluding hydrogens is 330 g/mol. The fourth-order valence-corrected chi connectivity index (χ4v) is 2.83. The highest BCUT2D eigenvalue weighted by Gasteiger charge is 2.19. The zero-order chi connectivity index (χ0) is 16.9. The van der Waals surface area contributed by atoms with E-state index in [2.05, 4.69) is 9.89 Å². The number of ether oxygens (including phenoxy) is 1. The summed E-state index contributed by atoms with van der Waals surface area (Å²) in [4.78, 5) is 16.9. The molecule has 0 aliphatic carbocycles. The summed E-state index contributed by atoms with van der Waals surface area (Å²) < 4.78 is 27.7. The number of carbonyl (C=O) groups is 1. The minimum atomic E-state index is -3.45. The lowest BCUT2D eigenvalue weighted by Gasteiger charge is -2.08. The van der Waals surface area contributed by atoms with Crippen molar-refractivity contribution >= 4 is 33.1 Å². The summed E-state index contributed by atoms with van der Waals surface area (Å²) in [6.07, 6.45) is 1.05. The van der Waals surface area contributed by atoms with E-state index in [1.165, 1.54) is 25.3 Å². The van der Waals surface area contributed by atoms with Gasteiger partial charge in [-0.3, -0.25) is 0 Å². The molecule has 0 bridgehead atoms. The second-order valence-corrected chi connectivity index (χ2v) is 7.43. The van der Waals surface area contributed by atoms with E-state index in [0.29, 0.717) is 12.2 Å². The fourth-order valence-electron chi connectivity index (χ4n) is 1.50. The highest BCUT2D eigenvalue weighted by atomic mass is 35.5. The second kappa shape index (κ2) is 7.60. The molecule has 22 heavy (non-hydrogen) atoms. The van der Waals surface area contributed by atoms with Gasteiger partial charge in [-0.1, -0.05) is 36.7 Å². The number of nitrogens with zero attached hydrogens (tertiary/aromatic N) is 1. The van der Waals surface area contributed by atoms with Crippen LogP contribution in [0.2, 0.25) is 5.02 Å². The largest absolute Gasteiger partial charge is 0.464 e. The minimum Gasteiger partial charge on any atom is -0.464 e. The van der Waals surface area contributed by atoms with Gasteiger partial charge in [0, 0.05) is 11.8 Å². The molecule has 0 N–H and O–H groups in total. The van der Waals surface area contributed by atoms with Crippen LogP contribution in [0.3, 0.4) is 0 Å². The number of carbonyl (C=O) groups excluding carboxylic acids is 1. The van der Waals surface area contributed by atoms with Gasteiger partial charge in [0.1, 0.15) is 6.61 Å². The summed E-state index contributed by atoms with van der Waals surface area (Å²) in [5.41, 5.74) is 0.234. The number of rotatable bonds is 6. The molecule has 1 aromatic carbocycles. The van der Waals surface area contributed by atoms with E-state index in [-0.39, 0.29) is 21.5 Å². The molecule has 122 valence electrons. The lowest BCUT2D eigenvalue weighted by molar-refractivity contribution is -0.132. The number of halogens is 1. The van der Waals surface area contributed by atoms with E-state index in [1.807, 2.05) is 13.8 Å². The second-order valence-electron chi connectivity index (χ2n) is 5.04. The van der Waals surface area contributed by atoms with E-state index in [0.717, 1.165) is 6.26 Å². The molecule has 0 radical (unpaired) electrons. The van der Waals surface area contributed by atoms with Crippen LogP contribution >= 0.6 is 11.6 Å². The Balaban J connectivity index is 3.21. The molecule has 0 heterocycles. The SMILES string of the molecule is COC(=O)/C(=N\OCC(C)C)c1ccc(S(C)(=O)=O)c(Cl)c1. The molecule has 0 spiro atoms. The first-order valence-corrected chi connectivity index (χ1v) is 8.72. The quantitative estimate of drug-likeness (QED) is 0.448. The normalized spacial score (nSPS) is 12.4. The topological polar surface area (TPSA) is 82.0 Å². The number of esters is 1. The predicted octanol–water partition coefficient (Wildman–Crippen LogP) is 2.29. The number of hydrogen-bond acceptors (Lipinski definition) is 6. The van der Waals surface area contributed by atoms with Crippen molar-refractivity contribution in [2.75, 3.05) is 20.0 Å². The van der Waals surface area contributed by atoms with Gasteiger partial charge in [0.2, 0.25) is 0 Å². The van der Waals surface area contributed by atoms with Crippen molar-refractivity contribution in [1.82, 2.24) is 0 Å². The molecule has 1 aromatic rings. The summed E-state index contributed by atoms with van der Waals surface area (Å²) in [5.74, 6) is -0.467. The van der Waals surface area contributed by atoms with Crippen LogP contribution in [0, 0.1) is 5.92 Å². The summed E-state index contributed by atoms with van der Waals surface area (Å²) in [6.45, 7) is 4.20. The van der Waals surface area contributed by atoms with E-state index in [4.69, 9.17) is 16.4 Å². The molecule has 0 unspecified atom stereocenters. The Morgan fingerprint density at radius 3 is 2.45 bits per heavy atom. The third-order valence-electron chi connectivity index (χ3n) is 2.55. The lowest BCUT2D eigenvalue weighted by Crippen LogP contribution is -2.18. The maximum absolute atomic E-state index is 11.8. The van der Waals surface area contributed by atoms with E-state index >= 15 is 0 Å². The van der Waals surface area contributed by atoms with Crippen LogP contribution in [0.25, 0.3) is 0 Å². The summed E-state index contributed by atoms with van der Waals surface area (Å²) in [6, 6.07) is 4.08. The van der Waals surface area contributed by atoms with Crippen molar-refractivity contribution in [1.29, 1.82) is 0 Å². The Morgan fingerprint density at radius 1 is 1.36 bits per heavy atom. The highest BCUT2D eigenvalue weighted by molar-refractivity contribution is 7.90. The van der Waals surface area contributed by atoms with Crippen molar-refractivity contribution in [3.8, 4) is 0 Å². The predicted molar refractivity (Wildman–Crippen MR) is 83.9 cm³/mol. The highest BCUT2D eigenvalue weighted by Crippen LogP contribution is 2.23. The van der Waals surface area contributed by atoms with Gasteiger partial charge in [0.25, 0.3) is 0 Å². The monoisotopic (exact) mass is 347 g/mol. The van der Waals surface area contributed by atoms with Crippen LogP contribution in [-0.4, -0.2) is 40.1 Å².